The fourth-order valence-electron chi connectivity index (χ4n) is 1.10. The quantitative estimate of drug-likeness (QED) is 0.775. The van der Waals surface area contributed by atoms with Gasteiger partial charge in [0.1, 0.15) is 0 Å². The van der Waals surface area contributed by atoms with Gasteiger partial charge in [-0.2, -0.15) is 8.78 Å². The molecule has 0 fully saturated rings. The highest BCUT2D eigenvalue weighted by molar-refractivity contribution is 7.99. The summed E-state index contributed by atoms with van der Waals surface area (Å²) in [5, 5.41) is 3.25. The number of hydrogen-bond donors (Lipinski definition) is 0. The molecule has 0 aliphatic carbocycles. The van der Waals surface area contributed by atoms with Crippen molar-refractivity contribution in [1.29, 1.82) is 0 Å². The molecule has 3 nitrogen and oxygen atoms in total. The molecule has 0 radical (unpaired) electrons. The number of thioether (sulfide) groups is 1. The predicted octanol–water partition coefficient (Wildman–Crippen LogP) is 3.22. The van der Waals surface area contributed by atoms with Crippen molar-refractivity contribution >= 4 is 11.8 Å². The molecule has 0 unspecified atom stereocenters. The zero-order valence-corrected chi connectivity index (χ0v) is 9.17. The monoisotopic (exact) mass is 242 g/mol. The first-order valence-electron chi connectivity index (χ1n) is 4.48. The maximum atomic E-state index is 13.5. The molecule has 1 aromatic carbocycles. The van der Waals surface area contributed by atoms with Crippen LogP contribution in [0.2, 0.25) is 0 Å². The molecule has 0 amide bonds. The Labute approximate surface area is 94.9 Å². The lowest BCUT2D eigenvalue weighted by molar-refractivity contribution is 0.0714. The van der Waals surface area contributed by atoms with Gasteiger partial charge in [0, 0.05) is 4.90 Å². The second-order valence-corrected chi connectivity index (χ2v) is 4.36. The van der Waals surface area contributed by atoms with Gasteiger partial charge in [-0.15, -0.1) is 10.2 Å². The summed E-state index contributed by atoms with van der Waals surface area (Å²) in [6.45, 7) is 1.89. The Hall–Kier alpha value is -1.43. The van der Waals surface area contributed by atoms with Crippen molar-refractivity contribution in [3.05, 3.63) is 42.1 Å². The van der Waals surface area contributed by atoms with Gasteiger partial charge in [0.25, 0.3) is 5.89 Å². The van der Waals surface area contributed by atoms with E-state index in [0.29, 0.717) is 16.7 Å². The van der Waals surface area contributed by atoms with Crippen LogP contribution in [0.15, 0.2) is 40.0 Å². The van der Waals surface area contributed by atoms with Gasteiger partial charge >= 0.3 is 5.25 Å². The molecule has 0 atom stereocenters. The van der Waals surface area contributed by atoms with Crippen LogP contribution in [0.25, 0.3) is 0 Å². The molecule has 84 valence electrons. The Bertz CT molecular complexity index is 456. The molecule has 0 aliphatic heterocycles. The summed E-state index contributed by atoms with van der Waals surface area (Å²) in [5.74, 6) is -0.682. The van der Waals surface area contributed by atoms with E-state index in [2.05, 4.69) is 14.6 Å². The minimum absolute atomic E-state index is 0.383. The lowest BCUT2D eigenvalue weighted by Crippen LogP contribution is -2.08. The molecular formula is C10H8F2N2OS. The van der Waals surface area contributed by atoms with Crippen molar-refractivity contribution in [3.63, 3.8) is 0 Å². The molecular weight excluding hydrogens is 234 g/mol. The van der Waals surface area contributed by atoms with Crippen molar-refractivity contribution in [2.45, 2.75) is 17.1 Å². The van der Waals surface area contributed by atoms with Crippen LogP contribution in [-0.4, -0.2) is 10.2 Å². The highest BCUT2D eigenvalue weighted by Crippen LogP contribution is 2.43. The van der Waals surface area contributed by atoms with Crippen molar-refractivity contribution in [3.8, 4) is 0 Å². The Morgan fingerprint density at radius 2 is 1.94 bits per heavy atom. The lowest BCUT2D eigenvalue weighted by Gasteiger charge is -2.10. The molecule has 0 bridgehead atoms. The summed E-state index contributed by atoms with van der Waals surface area (Å²) >= 11 is 0.383. The van der Waals surface area contributed by atoms with Crippen LogP contribution in [0.1, 0.15) is 11.5 Å². The molecule has 0 saturated carbocycles. The maximum absolute atomic E-state index is 13.5. The summed E-state index contributed by atoms with van der Waals surface area (Å²) < 4.78 is 31.6. The van der Waals surface area contributed by atoms with Gasteiger partial charge < -0.3 is 4.42 Å². The molecule has 0 aliphatic rings. The third kappa shape index (κ3) is 2.38. The minimum atomic E-state index is -3.20. The molecule has 0 saturated heterocycles. The second-order valence-electron chi connectivity index (χ2n) is 3.18. The van der Waals surface area contributed by atoms with Crippen LogP contribution >= 0.6 is 11.8 Å². The van der Waals surface area contributed by atoms with E-state index in [-0.39, 0.29) is 0 Å². The van der Waals surface area contributed by atoms with Crippen molar-refractivity contribution in [2.24, 2.45) is 0 Å². The van der Waals surface area contributed by atoms with Crippen LogP contribution < -0.4 is 0 Å². The van der Waals surface area contributed by atoms with Crippen LogP contribution in [0.4, 0.5) is 8.78 Å². The van der Waals surface area contributed by atoms with E-state index in [9.17, 15) is 8.78 Å². The number of hydrogen-bond acceptors (Lipinski definition) is 4. The van der Waals surface area contributed by atoms with Gasteiger partial charge in [0.05, 0.1) is 0 Å². The van der Waals surface area contributed by atoms with Gasteiger partial charge in [-0.25, -0.2) is 0 Å². The van der Waals surface area contributed by atoms with Gasteiger partial charge in [-0.3, -0.25) is 0 Å². The van der Waals surface area contributed by atoms with Crippen molar-refractivity contribution in [2.75, 3.05) is 0 Å². The fourth-order valence-corrected chi connectivity index (χ4v) is 1.84. The normalized spacial score (nSPS) is 11.7. The molecule has 1 aromatic heterocycles. The van der Waals surface area contributed by atoms with Crippen LogP contribution in [0.3, 0.4) is 0 Å². The number of halogens is 2. The lowest BCUT2D eigenvalue weighted by atomic mass is 10.2. The summed E-state index contributed by atoms with van der Waals surface area (Å²) in [7, 11) is 0. The number of alkyl halides is 2. The van der Waals surface area contributed by atoms with Gasteiger partial charge in [-0.1, -0.05) is 17.7 Å². The van der Waals surface area contributed by atoms with E-state index < -0.39 is 11.1 Å². The van der Waals surface area contributed by atoms with E-state index in [4.69, 9.17) is 0 Å². The second kappa shape index (κ2) is 4.21. The molecule has 0 spiro atoms. The highest BCUT2D eigenvalue weighted by atomic mass is 32.2. The zero-order valence-electron chi connectivity index (χ0n) is 8.35. The topological polar surface area (TPSA) is 38.9 Å². The number of aromatic nitrogens is 2. The maximum Gasteiger partial charge on any atom is 0.374 e. The molecule has 6 heteroatoms. The SMILES string of the molecule is Cc1ccc(SC(F)(F)c2nnco2)cc1. The van der Waals surface area contributed by atoms with E-state index in [1.54, 1.807) is 24.3 Å². The number of benzene rings is 1. The van der Waals surface area contributed by atoms with Crippen LogP contribution in [0.5, 0.6) is 0 Å². The standard InChI is InChI=1S/C10H8F2N2OS/c1-7-2-4-8(5-3-7)16-10(11,12)9-14-13-6-15-9/h2-6H,1H3. The third-order valence-corrected chi connectivity index (χ3v) is 2.81. The average Bonchev–Trinajstić information content (AvgIpc) is 2.75. The van der Waals surface area contributed by atoms with Crippen molar-refractivity contribution in [1.82, 2.24) is 10.2 Å². The van der Waals surface area contributed by atoms with Crippen molar-refractivity contribution < 1.29 is 13.2 Å². The molecule has 2 aromatic rings. The van der Waals surface area contributed by atoms with E-state index in [0.717, 1.165) is 12.0 Å². The fraction of sp³-hybridized carbons (Fsp3) is 0.200. The van der Waals surface area contributed by atoms with Crippen LogP contribution in [-0.2, 0) is 5.25 Å². The van der Waals surface area contributed by atoms with Crippen LogP contribution in [0, 0.1) is 6.92 Å². The largest absolute Gasteiger partial charge is 0.422 e. The summed E-state index contributed by atoms with van der Waals surface area (Å²) in [6, 6.07) is 6.80. The average molecular weight is 242 g/mol. The Kier molecular flexibility index (Phi) is 2.91. The minimum Gasteiger partial charge on any atom is -0.422 e. The molecule has 16 heavy (non-hydrogen) atoms. The van der Waals surface area contributed by atoms with E-state index in [1.165, 1.54) is 0 Å². The molecule has 2 rings (SSSR count). The highest BCUT2D eigenvalue weighted by Gasteiger charge is 2.38. The first kappa shape index (κ1) is 11.1. The summed E-state index contributed by atoms with van der Waals surface area (Å²) in [4.78, 5) is 0.453. The predicted molar refractivity (Wildman–Crippen MR) is 55.2 cm³/mol. The number of nitrogens with zero attached hydrogens (tertiary/aromatic N) is 2. The number of aryl methyl sites for hydroxylation is 1. The van der Waals surface area contributed by atoms with E-state index in [1.807, 2.05) is 6.92 Å². The third-order valence-electron chi connectivity index (χ3n) is 1.88. The first-order chi connectivity index (χ1) is 7.58. The van der Waals surface area contributed by atoms with E-state index >= 15 is 0 Å². The molecule has 0 N–H and O–H groups in total. The van der Waals surface area contributed by atoms with Gasteiger partial charge in [0.15, 0.2) is 0 Å². The summed E-state index contributed by atoms with van der Waals surface area (Å²) in [6.07, 6.45) is 0.888. The molecule has 1 heterocycles. The summed E-state index contributed by atoms with van der Waals surface area (Å²) in [5.41, 5.74) is 1.02. The Morgan fingerprint density at radius 1 is 1.25 bits per heavy atom. The van der Waals surface area contributed by atoms with Gasteiger partial charge in [0.2, 0.25) is 6.39 Å². The van der Waals surface area contributed by atoms with Gasteiger partial charge in [-0.05, 0) is 30.8 Å². The Balaban J connectivity index is 2.18. The Morgan fingerprint density at radius 3 is 2.50 bits per heavy atom. The zero-order chi connectivity index (χ0) is 11.6. The number of rotatable bonds is 3. The smallest absolute Gasteiger partial charge is 0.374 e. The first-order valence-corrected chi connectivity index (χ1v) is 5.30.